The van der Waals surface area contributed by atoms with E-state index in [0.717, 1.165) is 43.4 Å². The van der Waals surface area contributed by atoms with Crippen LogP contribution in [-0.4, -0.2) is 22.7 Å². The Morgan fingerprint density at radius 3 is 2.52 bits per heavy atom. The number of carbonyl (C=O) groups is 1. The number of phenols is 2. The number of carbonyl (C=O) groups excluding carboxylic acids is 1. The van der Waals surface area contributed by atoms with Gasteiger partial charge in [0.1, 0.15) is 11.5 Å². The van der Waals surface area contributed by atoms with Crippen molar-refractivity contribution in [3.8, 4) is 11.5 Å². The molecule has 0 aromatic heterocycles. The van der Waals surface area contributed by atoms with Crippen LogP contribution in [0.15, 0.2) is 12.1 Å². The summed E-state index contributed by atoms with van der Waals surface area (Å²) in [5.41, 5.74) is 1.65. The molecule has 1 amide bonds. The topological polar surface area (TPSA) is 69.6 Å². The molecular weight excluding hydrogens is 314 g/mol. The fraction of sp³-hybridized carbons (Fsp3) is 0.667. The Bertz CT molecular complexity index is 756. The number of hydrogen-bond donors (Lipinski definition) is 3. The Morgan fingerprint density at radius 1 is 1.08 bits per heavy atom. The van der Waals surface area contributed by atoms with Gasteiger partial charge in [-0.2, -0.15) is 0 Å². The van der Waals surface area contributed by atoms with E-state index in [9.17, 15) is 15.0 Å². The van der Waals surface area contributed by atoms with Gasteiger partial charge >= 0.3 is 0 Å². The van der Waals surface area contributed by atoms with Crippen LogP contribution in [0.25, 0.3) is 0 Å². The molecule has 4 heteroatoms. The van der Waals surface area contributed by atoms with Crippen LogP contribution in [0, 0.1) is 22.7 Å². The van der Waals surface area contributed by atoms with Gasteiger partial charge in [0.2, 0.25) is 5.91 Å². The minimum Gasteiger partial charge on any atom is -0.508 e. The first-order chi connectivity index (χ1) is 11.6. The molecule has 0 bridgehead atoms. The van der Waals surface area contributed by atoms with Gasteiger partial charge in [-0.1, -0.05) is 27.7 Å². The van der Waals surface area contributed by atoms with Gasteiger partial charge in [0.25, 0.3) is 0 Å². The van der Waals surface area contributed by atoms with Gasteiger partial charge in [-0.3, -0.25) is 4.79 Å². The lowest BCUT2D eigenvalue weighted by Gasteiger charge is -2.56. The molecule has 1 saturated carbocycles. The van der Waals surface area contributed by atoms with Crippen molar-refractivity contribution >= 4 is 5.91 Å². The van der Waals surface area contributed by atoms with Crippen molar-refractivity contribution in [1.29, 1.82) is 0 Å². The van der Waals surface area contributed by atoms with Crippen LogP contribution in [0.1, 0.15) is 58.1 Å². The molecule has 3 aliphatic rings. The summed E-state index contributed by atoms with van der Waals surface area (Å²) in [7, 11) is 0. The van der Waals surface area contributed by atoms with Gasteiger partial charge in [-0.15, -0.1) is 0 Å². The van der Waals surface area contributed by atoms with E-state index >= 15 is 0 Å². The summed E-state index contributed by atoms with van der Waals surface area (Å²) in [6, 6.07) is 3.30. The first kappa shape index (κ1) is 16.7. The maximum atomic E-state index is 12.6. The molecule has 25 heavy (non-hydrogen) atoms. The van der Waals surface area contributed by atoms with Crippen LogP contribution in [0.3, 0.4) is 0 Å². The normalized spacial score (nSPS) is 39.0. The first-order valence-electron chi connectivity index (χ1n) is 9.44. The third-order valence-corrected chi connectivity index (χ3v) is 7.90. The van der Waals surface area contributed by atoms with E-state index in [0.29, 0.717) is 11.8 Å². The molecular formula is C21H29NO3. The summed E-state index contributed by atoms with van der Waals surface area (Å²) in [5, 5.41) is 23.6. The van der Waals surface area contributed by atoms with E-state index in [1.807, 2.05) is 6.07 Å². The highest BCUT2D eigenvalue weighted by Gasteiger charge is 2.62. The fourth-order valence-corrected chi connectivity index (χ4v) is 6.75. The smallest absolute Gasteiger partial charge is 0.225 e. The molecule has 4 atom stereocenters. The molecule has 1 heterocycles. The van der Waals surface area contributed by atoms with E-state index in [2.05, 4.69) is 33.0 Å². The van der Waals surface area contributed by atoms with E-state index in [1.54, 1.807) is 0 Å². The molecule has 2 fully saturated rings. The second kappa shape index (κ2) is 4.93. The van der Waals surface area contributed by atoms with Crippen molar-refractivity contribution in [3.63, 3.8) is 0 Å². The molecule has 1 aliphatic heterocycles. The van der Waals surface area contributed by atoms with Gasteiger partial charge in [0.15, 0.2) is 0 Å². The van der Waals surface area contributed by atoms with E-state index in [1.165, 1.54) is 6.07 Å². The Labute approximate surface area is 149 Å². The third kappa shape index (κ3) is 2.03. The molecule has 0 radical (unpaired) electrons. The molecule has 4 nitrogen and oxygen atoms in total. The molecule has 4 rings (SSSR count). The highest BCUT2D eigenvalue weighted by Crippen LogP contribution is 2.66. The number of hydrogen-bond acceptors (Lipinski definition) is 3. The number of rotatable bonds is 0. The molecule has 1 aromatic rings. The lowest BCUT2D eigenvalue weighted by molar-refractivity contribution is -0.138. The standard InChI is InChI=1S/C21H29NO3/c1-19(2)15-5-6-21(4)16(20(15,3)7-8-22-18(19)25)10-12-9-13(23)11-14(24)17(12)21/h9,11,15-16,23-24H,5-8,10H2,1-4H3,(H,22,25)/t15-,16+,20-,21+/m0/s1. The van der Waals surface area contributed by atoms with Crippen molar-refractivity contribution < 1.29 is 15.0 Å². The Hall–Kier alpha value is -1.71. The van der Waals surface area contributed by atoms with E-state index in [-0.39, 0.29) is 33.7 Å². The monoisotopic (exact) mass is 343 g/mol. The zero-order valence-electron chi connectivity index (χ0n) is 15.6. The zero-order chi connectivity index (χ0) is 18.2. The number of benzene rings is 1. The Kier molecular flexibility index (Phi) is 3.30. The molecule has 1 saturated heterocycles. The lowest BCUT2D eigenvalue weighted by Crippen LogP contribution is -2.54. The number of nitrogens with one attached hydrogen (secondary N) is 1. The van der Waals surface area contributed by atoms with Crippen LogP contribution in [0.5, 0.6) is 11.5 Å². The SMILES string of the molecule is CC1(C)C(=O)NCC[C@]2(C)[C@H]3Cc4cc(O)cc(O)c4[C@]3(C)CC[C@@H]12. The second-order valence-corrected chi connectivity index (χ2v) is 9.50. The zero-order valence-corrected chi connectivity index (χ0v) is 15.6. The Morgan fingerprint density at radius 2 is 1.80 bits per heavy atom. The summed E-state index contributed by atoms with van der Waals surface area (Å²) >= 11 is 0. The van der Waals surface area contributed by atoms with Crippen LogP contribution in [0.4, 0.5) is 0 Å². The number of amides is 1. The summed E-state index contributed by atoms with van der Waals surface area (Å²) in [5.74, 6) is 1.22. The average Bonchev–Trinajstić information content (AvgIpc) is 2.76. The molecule has 0 unspecified atom stereocenters. The summed E-state index contributed by atoms with van der Waals surface area (Å²) < 4.78 is 0. The van der Waals surface area contributed by atoms with Crippen molar-refractivity contribution in [2.75, 3.05) is 6.54 Å². The molecule has 136 valence electrons. The minimum absolute atomic E-state index is 0.0245. The molecule has 3 N–H and O–H groups in total. The quantitative estimate of drug-likeness (QED) is 0.675. The molecule has 0 spiro atoms. The average molecular weight is 343 g/mol. The fourth-order valence-electron chi connectivity index (χ4n) is 6.75. The first-order valence-corrected chi connectivity index (χ1v) is 9.44. The van der Waals surface area contributed by atoms with Gasteiger partial charge in [0.05, 0.1) is 0 Å². The van der Waals surface area contributed by atoms with Crippen molar-refractivity contribution in [2.45, 2.75) is 58.8 Å². The minimum atomic E-state index is -0.383. The maximum absolute atomic E-state index is 12.6. The van der Waals surface area contributed by atoms with Gasteiger partial charge in [0, 0.05) is 29.0 Å². The van der Waals surface area contributed by atoms with Gasteiger partial charge in [-0.05, 0) is 54.6 Å². The van der Waals surface area contributed by atoms with Crippen molar-refractivity contribution in [3.05, 3.63) is 23.3 Å². The number of phenolic OH excluding ortho intramolecular Hbond substituents is 2. The van der Waals surface area contributed by atoms with E-state index in [4.69, 9.17) is 0 Å². The Balaban J connectivity index is 1.85. The van der Waals surface area contributed by atoms with Crippen LogP contribution in [-0.2, 0) is 16.6 Å². The largest absolute Gasteiger partial charge is 0.508 e. The molecule has 1 aromatic carbocycles. The number of fused-ring (bicyclic) bond motifs is 5. The predicted octanol–water partition coefficient (Wildman–Crippen LogP) is 3.49. The summed E-state index contributed by atoms with van der Waals surface area (Å²) in [6.45, 7) is 9.52. The van der Waals surface area contributed by atoms with Gasteiger partial charge < -0.3 is 15.5 Å². The van der Waals surface area contributed by atoms with E-state index < -0.39 is 0 Å². The molecule has 2 aliphatic carbocycles. The van der Waals surface area contributed by atoms with Crippen LogP contribution in [0.2, 0.25) is 0 Å². The second-order valence-electron chi connectivity index (χ2n) is 9.50. The van der Waals surface area contributed by atoms with Crippen molar-refractivity contribution in [2.24, 2.45) is 22.7 Å². The van der Waals surface area contributed by atoms with Crippen LogP contribution >= 0.6 is 0 Å². The van der Waals surface area contributed by atoms with Gasteiger partial charge in [-0.25, -0.2) is 0 Å². The lowest BCUT2D eigenvalue weighted by atomic mass is 9.47. The number of aromatic hydroxyl groups is 2. The van der Waals surface area contributed by atoms with Crippen LogP contribution < -0.4 is 5.32 Å². The highest BCUT2D eigenvalue weighted by molar-refractivity contribution is 5.82. The maximum Gasteiger partial charge on any atom is 0.225 e. The third-order valence-electron chi connectivity index (χ3n) is 7.90. The summed E-state index contributed by atoms with van der Waals surface area (Å²) in [4.78, 5) is 12.6. The predicted molar refractivity (Wildman–Crippen MR) is 96.6 cm³/mol. The summed E-state index contributed by atoms with van der Waals surface area (Å²) in [6.07, 6.45) is 3.79. The van der Waals surface area contributed by atoms with Crippen molar-refractivity contribution in [1.82, 2.24) is 5.32 Å². The highest BCUT2D eigenvalue weighted by atomic mass is 16.3.